The molecule has 35 heavy (non-hydrogen) atoms. The minimum absolute atomic E-state index is 0.212. The summed E-state index contributed by atoms with van der Waals surface area (Å²) < 4.78 is 28.3. The first-order chi connectivity index (χ1) is 17.0. The number of furan rings is 1. The topological polar surface area (TPSA) is 131 Å². The van der Waals surface area contributed by atoms with Gasteiger partial charge in [0.1, 0.15) is 18.0 Å². The largest absolute Gasteiger partial charge is 0.493 e. The second-order valence-electron chi connectivity index (χ2n) is 9.06. The molecule has 4 N–H and O–H groups in total. The van der Waals surface area contributed by atoms with E-state index >= 15 is 0 Å². The molecule has 9 nitrogen and oxygen atoms in total. The highest BCUT2D eigenvalue weighted by molar-refractivity contribution is 5.88. The average molecular weight is 487 g/mol. The highest BCUT2D eigenvalue weighted by atomic mass is 16.7. The van der Waals surface area contributed by atoms with Crippen LogP contribution >= 0.6 is 0 Å². The van der Waals surface area contributed by atoms with Crippen molar-refractivity contribution in [2.24, 2.45) is 5.92 Å². The van der Waals surface area contributed by atoms with E-state index in [4.69, 9.17) is 23.4 Å². The zero-order valence-corrected chi connectivity index (χ0v) is 19.4. The number of rotatable bonds is 8. The predicted octanol–water partition coefficient (Wildman–Crippen LogP) is 2.25. The van der Waals surface area contributed by atoms with Crippen LogP contribution in [0.3, 0.4) is 0 Å². The Balaban J connectivity index is 1.25. The minimum Gasteiger partial charge on any atom is -0.493 e. The van der Waals surface area contributed by atoms with Gasteiger partial charge in [0, 0.05) is 30.1 Å². The predicted molar refractivity (Wildman–Crippen MR) is 126 cm³/mol. The van der Waals surface area contributed by atoms with Gasteiger partial charge in [0.05, 0.1) is 19.3 Å². The number of benzene rings is 2. The Bertz CT molecular complexity index is 1170. The summed E-state index contributed by atoms with van der Waals surface area (Å²) in [5.74, 6) is 2.21. The van der Waals surface area contributed by atoms with Gasteiger partial charge in [-0.3, -0.25) is 0 Å². The average Bonchev–Trinajstić information content (AvgIpc) is 3.52. The molecule has 2 aliphatic rings. The maximum absolute atomic E-state index is 10.2. The number of aryl methyl sites for hydroxylation is 1. The highest BCUT2D eigenvalue weighted by Gasteiger charge is 2.42. The van der Waals surface area contributed by atoms with E-state index in [1.807, 2.05) is 30.3 Å². The Labute approximate surface area is 202 Å². The first kappa shape index (κ1) is 23.9. The number of aliphatic hydroxyl groups is 4. The fourth-order valence-corrected chi connectivity index (χ4v) is 4.81. The van der Waals surface area contributed by atoms with Gasteiger partial charge < -0.3 is 43.8 Å². The maximum atomic E-state index is 10.2. The molecule has 0 radical (unpaired) electrons. The standard InChI is InChI=1S/C26H30O9/c1-31-22-8-14(3-2-6-32-21-11-17(12-27)23(28)25(30)24(21)29)7-16-10-19(35-26(16)22)15-4-5-18-20(9-15)34-13-33-18/h4-5,7-10,17,21,23-25,27-30H,2-3,6,11-13H2,1H3/t17-,21+,23+,24+,25+/m0/s1. The normalized spacial score (nSPS) is 25.8. The number of aliphatic hydroxyl groups excluding tert-OH is 4. The number of fused-ring (bicyclic) bond motifs is 2. The van der Waals surface area contributed by atoms with Crippen molar-refractivity contribution >= 4 is 11.0 Å². The van der Waals surface area contributed by atoms with Crippen molar-refractivity contribution in [3.63, 3.8) is 0 Å². The molecule has 5 atom stereocenters. The SMILES string of the molecule is COc1cc(CCCO[C@@H]2C[C@@H](CO)[C@@H](O)[C@@H](O)[C@@H]2O)cc2cc(-c3ccc4c(c3)OCO4)oc12. The van der Waals surface area contributed by atoms with Crippen molar-refractivity contribution < 1.29 is 43.8 Å². The summed E-state index contributed by atoms with van der Waals surface area (Å²) in [5.41, 5.74) is 2.58. The summed E-state index contributed by atoms with van der Waals surface area (Å²) >= 11 is 0. The molecule has 1 fully saturated rings. The third kappa shape index (κ3) is 4.70. The Kier molecular flexibility index (Phi) is 6.86. The summed E-state index contributed by atoms with van der Waals surface area (Å²) in [6, 6.07) is 11.6. The van der Waals surface area contributed by atoms with Gasteiger partial charge in [-0.15, -0.1) is 0 Å². The van der Waals surface area contributed by atoms with Gasteiger partial charge in [-0.05, 0) is 61.2 Å². The van der Waals surface area contributed by atoms with Crippen molar-refractivity contribution in [3.05, 3.63) is 42.0 Å². The monoisotopic (exact) mass is 486 g/mol. The second-order valence-corrected chi connectivity index (χ2v) is 9.06. The fourth-order valence-electron chi connectivity index (χ4n) is 4.81. The number of hydrogen-bond acceptors (Lipinski definition) is 9. The van der Waals surface area contributed by atoms with Gasteiger partial charge in [-0.25, -0.2) is 0 Å². The van der Waals surface area contributed by atoms with E-state index in [1.54, 1.807) is 7.11 Å². The Hall–Kier alpha value is -2.82. The minimum atomic E-state index is -1.34. The van der Waals surface area contributed by atoms with Crippen LogP contribution in [0.5, 0.6) is 17.2 Å². The lowest BCUT2D eigenvalue weighted by atomic mass is 9.81. The van der Waals surface area contributed by atoms with E-state index < -0.39 is 30.3 Å². The first-order valence-electron chi connectivity index (χ1n) is 11.8. The van der Waals surface area contributed by atoms with Crippen molar-refractivity contribution in [2.75, 3.05) is 27.1 Å². The number of methoxy groups -OCH3 is 1. The quantitative estimate of drug-likeness (QED) is 0.354. The van der Waals surface area contributed by atoms with Crippen LogP contribution in [0, 0.1) is 5.92 Å². The summed E-state index contributed by atoms with van der Waals surface area (Å²) in [6.45, 7) is 0.296. The molecule has 5 rings (SSSR count). The van der Waals surface area contributed by atoms with Gasteiger partial charge in [0.2, 0.25) is 6.79 Å². The van der Waals surface area contributed by atoms with Gasteiger partial charge in [-0.2, -0.15) is 0 Å². The molecule has 188 valence electrons. The van der Waals surface area contributed by atoms with E-state index in [9.17, 15) is 20.4 Å². The molecule has 2 heterocycles. The number of ether oxygens (including phenoxy) is 4. The van der Waals surface area contributed by atoms with E-state index in [0.29, 0.717) is 48.0 Å². The van der Waals surface area contributed by atoms with E-state index in [1.165, 1.54) is 0 Å². The lowest BCUT2D eigenvalue weighted by Crippen LogP contribution is -2.55. The zero-order valence-electron chi connectivity index (χ0n) is 19.4. The van der Waals surface area contributed by atoms with Crippen molar-refractivity contribution in [1.82, 2.24) is 0 Å². The molecule has 0 amide bonds. The van der Waals surface area contributed by atoms with Gasteiger partial charge >= 0.3 is 0 Å². The van der Waals surface area contributed by atoms with Crippen molar-refractivity contribution in [3.8, 4) is 28.6 Å². The molecular formula is C26H30O9. The van der Waals surface area contributed by atoms with E-state index in [0.717, 1.165) is 16.5 Å². The molecule has 1 aliphatic carbocycles. The third-order valence-electron chi connectivity index (χ3n) is 6.79. The summed E-state index contributed by atoms with van der Waals surface area (Å²) in [6.07, 6.45) is -2.66. The van der Waals surface area contributed by atoms with E-state index in [-0.39, 0.29) is 19.8 Å². The Morgan fingerprint density at radius 1 is 0.971 bits per heavy atom. The van der Waals surface area contributed by atoms with Gasteiger partial charge in [-0.1, -0.05) is 0 Å². The van der Waals surface area contributed by atoms with Crippen LogP contribution in [-0.4, -0.2) is 72.0 Å². The summed E-state index contributed by atoms with van der Waals surface area (Å²) in [4.78, 5) is 0. The molecule has 0 unspecified atom stereocenters. The van der Waals surface area contributed by atoms with Gasteiger partial charge in [0.25, 0.3) is 0 Å². The van der Waals surface area contributed by atoms with Crippen LogP contribution in [0.15, 0.2) is 40.8 Å². The third-order valence-corrected chi connectivity index (χ3v) is 6.79. The fraction of sp³-hybridized carbons (Fsp3) is 0.462. The number of hydrogen-bond donors (Lipinski definition) is 4. The lowest BCUT2D eigenvalue weighted by molar-refractivity contribution is -0.178. The molecule has 0 bridgehead atoms. The van der Waals surface area contributed by atoms with Crippen LogP contribution in [-0.2, 0) is 11.2 Å². The summed E-state index contributed by atoms with van der Waals surface area (Å²) in [5, 5.41) is 40.5. The molecule has 1 aliphatic heterocycles. The van der Waals surface area contributed by atoms with Crippen LogP contribution in [0.2, 0.25) is 0 Å². The molecule has 9 heteroatoms. The summed E-state index contributed by atoms with van der Waals surface area (Å²) in [7, 11) is 1.60. The van der Waals surface area contributed by atoms with Crippen LogP contribution in [0.1, 0.15) is 18.4 Å². The van der Waals surface area contributed by atoms with Crippen molar-refractivity contribution in [1.29, 1.82) is 0 Å². The molecule has 0 saturated heterocycles. The van der Waals surface area contributed by atoms with Crippen LogP contribution in [0.25, 0.3) is 22.3 Å². The molecule has 3 aromatic rings. The molecule has 1 saturated carbocycles. The van der Waals surface area contributed by atoms with Crippen LogP contribution < -0.4 is 14.2 Å². The molecular weight excluding hydrogens is 456 g/mol. The molecule has 0 spiro atoms. The first-order valence-corrected chi connectivity index (χ1v) is 11.8. The second kappa shape index (κ2) is 10.0. The zero-order chi connectivity index (χ0) is 24.5. The Morgan fingerprint density at radius 2 is 1.80 bits per heavy atom. The molecule has 1 aromatic heterocycles. The van der Waals surface area contributed by atoms with Gasteiger partial charge in [0.15, 0.2) is 22.8 Å². The van der Waals surface area contributed by atoms with Crippen LogP contribution in [0.4, 0.5) is 0 Å². The lowest BCUT2D eigenvalue weighted by Gasteiger charge is -2.39. The maximum Gasteiger partial charge on any atom is 0.231 e. The Morgan fingerprint density at radius 3 is 2.60 bits per heavy atom. The van der Waals surface area contributed by atoms with Crippen molar-refractivity contribution in [2.45, 2.75) is 43.7 Å². The highest BCUT2D eigenvalue weighted by Crippen LogP contribution is 2.39. The smallest absolute Gasteiger partial charge is 0.231 e. The molecule has 2 aromatic carbocycles. The van der Waals surface area contributed by atoms with E-state index in [2.05, 4.69) is 6.07 Å².